The Morgan fingerprint density at radius 1 is 0.910 bits per heavy atom. The van der Waals surface area contributed by atoms with E-state index in [0.717, 1.165) is 27.3 Å². The monoisotopic (exact) mass is 1130 g/mol. The first kappa shape index (κ1) is 52.4. The number of sulfonamides is 1. The fourth-order valence-corrected chi connectivity index (χ4v) is 13.5. The minimum Gasteiger partial charge on any atom is -0.489 e. The van der Waals surface area contributed by atoms with Crippen molar-refractivity contribution in [3.63, 3.8) is 0 Å². The lowest BCUT2D eigenvalue weighted by Gasteiger charge is -2.49. The van der Waals surface area contributed by atoms with Crippen LogP contribution < -0.4 is 24.9 Å². The van der Waals surface area contributed by atoms with Crippen molar-refractivity contribution in [3.8, 4) is 28.2 Å². The van der Waals surface area contributed by atoms with Gasteiger partial charge in [0.2, 0.25) is 27.0 Å². The Labute approximate surface area is 462 Å². The predicted molar refractivity (Wildman–Crippen MR) is 296 cm³/mol. The molecule has 5 aromatic rings. The number of carboxylic acids is 1. The molecular formula is C57H49Cl2N6O11S2+. The second-order valence-electron chi connectivity index (χ2n) is 19.0. The van der Waals surface area contributed by atoms with Gasteiger partial charge in [-0.3, -0.25) is 24.2 Å². The number of aliphatic hydroxyl groups excluding tert-OH is 1. The summed E-state index contributed by atoms with van der Waals surface area (Å²) in [5.41, 5.74) is 5.40. The maximum Gasteiger partial charge on any atom is 0.352 e. The molecular weight excluding hydrogens is 1080 g/mol. The highest BCUT2D eigenvalue weighted by molar-refractivity contribution is 8.00. The van der Waals surface area contributed by atoms with Gasteiger partial charge in [0.15, 0.2) is 12.3 Å². The quantitative estimate of drug-likeness (QED) is 0.0511. The highest BCUT2D eigenvalue weighted by Crippen LogP contribution is 2.45. The van der Waals surface area contributed by atoms with Gasteiger partial charge in [-0.2, -0.15) is 8.88 Å². The summed E-state index contributed by atoms with van der Waals surface area (Å²) < 4.78 is 51.5. The second-order valence-corrected chi connectivity index (χ2v) is 22.9. The largest absolute Gasteiger partial charge is 0.489 e. The van der Waals surface area contributed by atoms with E-state index in [1.807, 2.05) is 108 Å². The number of β-lactam (4-membered cyclic amide) rings is 2. The summed E-state index contributed by atoms with van der Waals surface area (Å²) in [6.07, 6.45) is 0.749. The molecule has 5 aliphatic heterocycles. The van der Waals surface area contributed by atoms with Gasteiger partial charge < -0.3 is 34.3 Å². The average molecular weight is 1130 g/mol. The van der Waals surface area contributed by atoms with Gasteiger partial charge in [-0.15, -0.1) is 11.8 Å². The zero-order chi connectivity index (χ0) is 54.7. The summed E-state index contributed by atoms with van der Waals surface area (Å²) in [4.78, 5) is 56.3. The van der Waals surface area contributed by atoms with Crippen molar-refractivity contribution in [1.82, 2.24) is 24.0 Å². The number of thioether (sulfide) groups is 1. The molecule has 0 saturated carbocycles. The van der Waals surface area contributed by atoms with Crippen LogP contribution in [0.25, 0.3) is 33.4 Å². The Balaban J connectivity index is 0.833. The molecule has 78 heavy (non-hydrogen) atoms. The number of anilines is 2. The maximum atomic E-state index is 14.9. The van der Waals surface area contributed by atoms with E-state index in [1.54, 1.807) is 48.5 Å². The molecule has 398 valence electrons. The molecule has 0 radical (unpaired) electrons. The van der Waals surface area contributed by atoms with E-state index in [0.29, 0.717) is 60.4 Å². The van der Waals surface area contributed by atoms with Gasteiger partial charge in [-0.1, -0.05) is 77.8 Å². The van der Waals surface area contributed by atoms with Crippen molar-refractivity contribution in [2.24, 2.45) is 0 Å². The van der Waals surface area contributed by atoms with Crippen LogP contribution in [0.5, 0.6) is 5.75 Å². The zero-order valence-corrected chi connectivity index (χ0v) is 45.1. The number of amides is 3. The number of rotatable bonds is 15. The molecule has 5 heterocycles. The molecule has 6 aliphatic rings. The molecule has 3 N–H and O–H groups in total. The van der Waals surface area contributed by atoms with Crippen LogP contribution in [0, 0.1) is 0 Å². The van der Waals surface area contributed by atoms with E-state index < -0.39 is 58.1 Å². The highest BCUT2D eigenvalue weighted by Gasteiger charge is 2.58. The summed E-state index contributed by atoms with van der Waals surface area (Å²) in [5, 5.41) is 24.3. The van der Waals surface area contributed by atoms with Gasteiger partial charge in [0.05, 0.1) is 34.7 Å². The van der Waals surface area contributed by atoms with Crippen LogP contribution in [-0.2, 0) is 40.5 Å². The predicted octanol–water partition coefficient (Wildman–Crippen LogP) is 7.78. The molecule has 0 unspecified atom stereocenters. The minimum absolute atomic E-state index is 0.0130. The van der Waals surface area contributed by atoms with E-state index in [2.05, 4.69) is 5.32 Å². The number of nitrogens with one attached hydrogen (secondary N) is 1. The number of para-hydroxylation sites is 2. The van der Waals surface area contributed by atoms with Crippen LogP contribution in [0.4, 0.5) is 17.1 Å². The number of hydrogen-bond donors (Lipinski definition) is 3. The van der Waals surface area contributed by atoms with E-state index >= 15 is 0 Å². The number of nitrogens with zero attached hydrogens (tertiary/aromatic N) is 5. The standard InChI is InChI=1S/C57H48Cl2N6O11S2/c1-61(29-32-16-20-36(21-17-32)74-30-33-31-77-56-51(55(69)65(56)52(33)57(70)71)60-54(68)53-44(24-25-66)76-49-28-48(67)64(49)53)78(72,73)47-15-9-4-10-39(47)50-37-22-18-34(62(2)42-13-7-5-11-40(42)58)26-45(37)75-46-27-35(19-23-38(46)50)63(3)43-14-8-6-12-41(43)59/h4-24,26-27,49,51,53,56,66H,25,28-31H2,1-3H3,(H-,60,68,70,71)/p+1/b44-24-/t49-,51-,53-,56-/m1/s1. The van der Waals surface area contributed by atoms with Gasteiger partial charge in [0.25, 0.3) is 11.8 Å². The van der Waals surface area contributed by atoms with Crippen LogP contribution >= 0.6 is 35.0 Å². The van der Waals surface area contributed by atoms with Crippen LogP contribution in [0.2, 0.25) is 10.0 Å². The van der Waals surface area contributed by atoms with E-state index in [-0.39, 0.29) is 47.6 Å². The van der Waals surface area contributed by atoms with Crippen molar-refractivity contribution in [1.29, 1.82) is 0 Å². The van der Waals surface area contributed by atoms with Crippen LogP contribution in [-0.4, -0.2) is 120 Å². The Bertz CT molecular complexity index is 3850. The molecule has 0 spiro atoms. The first-order chi connectivity index (χ1) is 37.5. The third-order valence-corrected chi connectivity index (χ3v) is 18.2. The SMILES string of the molecule is CN(c1ccc2c(-c3ccccc3S(=O)(=O)N(C)Cc3ccc(OCC4=C(C(=O)O)N5C(=O)[C@@H](NC(=O)[C@H]6/C(=C/CO)O[C@@H]7CC(=O)N76)[C@H]5SC4)cc3)c3ccc(=[N+](C)c4ccccc4Cl)cc-3oc2c1)c1ccccc1Cl. The fourth-order valence-electron chi connectivity index (χ4n) is 10.3. The smallest absolute Gasteiger partial charge is 0.352 e. The molecule has 3 saturated heterocycles. The lowest BCUT2D eigenvalue weighted by molar-refractivity contribution is -0.160. The lowest BCUT2D eigenvalue weighted by atomic mass is 9.93. The number of carbonyl (C=O) groups excluding carboxylic acids is 3. The van der Waals surface area contributed by atoms with Gasteiger partial charge in [-0.05, 0) is 66.2 Å². The van der Waals surface area contributed by atoms with Gasteiger partial charge in [0.1, 0.15) is 58.6 Å². The summed E-state index contributed by atoms with van der Waals surface area (Å²) in [7, 11) is 1.15. The number of halogens is 2. The van der Waals surface area contributed by atoms with Gasteiger partial charge in [0, 0.05) is 77.9 Å². The van der Waals surface area contributed by atoms with Crippen LogP contribution in [0.15, 0.2) is 166 Å². The van der Waals surface area contributed by atoms with Crippen LogP contribution in [0.3, 0.4) is 0 Å². The molecule has 1 aliphatic carbocycles. The molecule has 17 nitrogen and oxygen atoms in total. The number of fused-ring (bicyclic) bond motifs is 4. The summed E-state index contributed by atoms with van der Waals surface area (Å²) in [5.74, 6) is -1.80. The number of hydrogen-bond acceptors (Lipinski definition) is 12. The highest BCUT2D eigenvalue weighted by atomic mass is 35.5. The van der Waals surface area contributed by atoms with E-state index in [9.17, 15) is 37.8 Å². The Morgan fingerprint density at radius 2 is 1.64 bits per heavy atom. The number of aliphatic carboxylic acids is 1. The lowest BCUT2D eigenvalue weighted by Crippen LogP contribution is -2.72. The molecule has 5 aromatic carbocycles. The number of benzene rings is 6. The molecule has 3 amide bonds. The number of carboxylic acid groups (broad SMARTS) is 1. The van der Waals surface area contributed by atoms with Crippen molar-refractivity contribution in [3.05, 3.63) is 178 Å². The zero-order valence-electron chi connectivity index (χ0n) is 42.0. The third kappa shape index (κ3) is 9.32. The Morgan fingerprint density at radius 3 is 2.37 bits per heavy atom. The Kier molecular flexibility index (Phi) is 14.1. The molecule has 0 bridgehead atoms. The van der Waals surface area contributed by atoms with Gasteiger partial charge >= 0.3 is 5.97 Å². The van der Waals surface area contributed by atoms with Crippen molar-refractivity contribution in [2.75, 3.05) is 45.0 Å². The van der Waals surface area contributed by atoms with Crippen molar-refractivity contribution >= 4 is 96.7 Å². The number of carbonyl (C=O) groups is 4. The van der Waals surface area contributed by atoms with E-state index in [1.165, 1.54) is 34.1 Å². The topological polar surface area (TPSA) is 202 Å². The number of aliphatic hydroxyl groups is 1. The Hall–Kier alpha value is -7.65. The third-order valence-electron chi connectivity index (χ3n) is 14.3. The summed E-state index contributed by atoms with van der Waals surface area (Å²) in [6, 6.07) is 38.0. The molecule has 3 fully saturated rings. The average Bonchev–Trinajstić information content (AvgIpc) is 3.92. The van der Waals surface area contributed by atoms with E-state index in [4.69, 9.17) is 37.1 Å². The van der Waals surface area contributed by atoms with Crippen LogP contribution in [0.1, 0.15) is 12.0 Å². The maximum absolute atomic E-state index is 14.9. The summed E-state index contributed by atoms with van der Waals surface area (Å²) >= 11 is 14.5. The van der Waals surface area contributed by atoms with Gasteiger partial charge in [-0.25, -0.2) is 13.2 Å². The normalized spacial score (nSPS) is 19.8. The first-order valence-electron chi connectivity index (χ1n) is 24.6. The van der Waals surface area contributed by atoms with Crippen molar-refractivity contribution in [2.45, 2.75) is 41.5 Å². The second kappa shape index (κ2) is 21.0. The van der Waals surface area contributed by atoms with Crippen molar-refractivity contribution < 1.29 is 51.7 Å². The summed E-state index contributed by atoms with van der Waals surface area (Å²) in [6.45, 7) is -0.609. The fraction of sp³-hybridized carbons (Fsp3) is 0.211. The molecule has 4 atom stereocenters. The molecule has 0 aromatic heterocycles. The molecule has 11 rings (SSSR count). The first-order valence-corrected chi connectivity index (χ1v) is 27.8. The number of ether oxygens (including phenoxy) is 2. The minimum atomic E-state index is -4.19. The molecule has 21 heteroatoms.